The van der Waals surface area contributed by atoms with E-state index in [0.29, 0.717) is 12.3 Å². The van der Waals surface area contributed by atoms with Gasteiger partial charge in [-0.15, -0.1) is 11.6 Å². The largest absolute Gasteiger partial charge is 0.396 e. The maximum Gasteiger partial charge on any atom is 0.0613 e. The molecular formula is C9H19ClO2. The molecule has 0 aliphatic heterocycles. The Bertz CT molecular complexity index is 119. The van der Waals surface area contributed by atoms with Gasteiger partial charge in [0.25, 0.3) is 0 Å². The smallest absolute Gasteiger partial charge is 0.0613 e. The highest BCUT2D eigenvalue weighted by Crippen LogP contribution is 2.28. The van der Waals surface area contributed by atoms with Gasteiger partial charge in [0.2, 0.25) is 0 Å². The fraction of sp³-hybridized carbons (Fsp3) is 1.00. The molecule has 3 heteroatoms. The highest BCUT2D eigenvalue weighted by atomic mass is 35.5. The van der Waals surface area contributed by atoms with Crippen molar-refractivity contribution in [3.63, 3.8) is 0 Å². The maximum atomic E-state index is 9.60. The zero-order chi connectivity index (χ0) is 9.61. The number of alkyl halides is 1. The lowest BCUT2D eigenvalue weighted by Gasteiger charge is -2.31. The second kappa shape index (κ2) is 5.79. The van der Waals surface area contributed by atoms with Gasteiger partial charge >= 0.3 is 0 Å². The molecule has 2 unspecified atom stereocenters. The van der Waals surface area contributed by atoms with E-state index in [4.69, 9.17) is 16.7 Å². The van der Waals surface area contributed by atoms with Gasteiger partial charge in [0.15, 0.2) is 0 Å². The third kappa shape index (κ3) is 3.30. The van der Waals surface area contributed by atoms with Crippen LogP contribution in [0.5, 0.6) is 0 Å². The van der Waals surface area contributed by atoms with Crippen molar-refractivity contribution in [1.82, 2.24) is 0 Å². The van der Waals surface area contributed by atoms with E-state index < -0.39 is 6.10 Å². The lowest BCUT2D eigenvalue weighted by molar-refractivity contribution is -0.0130. The average molecular weight is 195 g/mol. The van der Waals surface area contributed by atoms with Crippen LogP contribution in [0, 0.1) is 5.41 Å². The topological polar surface area (TPSA) is 40.5 Å². The molecule has 0 spiro atoms. The van der Waals surface area contributed by atoms with Gasteiger partial charge in [-0.25, -0.2) is 0 Å². The summed E-state index contributed by atoms with van der Waals surface area (Å²) in [6.45, 7) is 3.84. The van der Waals surface area contributed by atoms with Crippen LogP contribution >= 0.6 is 11.6 Å². The molecule has 0 aromatic rings. The van der Waals surface area contributed by atoms with Crippen LogP contribution < -0.4 is 0 Å². The molecule has 0 rings (SSSR count). The SMILES string of the molecule is CCC(O)C(C)(CO)CCCCl. The lowest BCUT2D eigenvalue weighted by atomic mass is 9.80. The van der Waals surface area contributed by atoms with Crippen LogP contribution in [0.15, 0.2) is 0 Å². The number of hydrogen-bond donors (Lipinski definition) is 2. The number of hydrogen-bond acceptors (Lipinski definition) is 2. The number of halogens is 1. The van der Waals surface area contributed by atoms with Crippen LogP contribution in [-0.2, 0) is 0 Å². The normalized spacial score (nSPS) is 18.8. The predicted molar refractivity (Wildman–Crippen MR) is 51.4 cm³/mol. The second-order valence-corrected chi connectivity index (χ2v) is 3.91. The molecule has 2 N–H and O–H groups in total. The molecular weight excluding hydrogens is 176 g/mol. The quantitative estimate of drug-likeness (QED) is 0.633. The van der Waals surface area contributed by atoms with Gasteiger partial charge in [0, 0.05) is 11.3 Å². The summed E-state index contributed by atoms with van der Waals surface area (Å²) in [5.74, 6) is 0.589. The number of rotatable bonds is 6. The van der Waals surface area contributed by atoms with Gasteiger partial charge in [-0.2, -0.15) is 0 Å². The van der Waals surface area contributed by atoms with E-state index in [1.54, 1.807) is 0 Å². The van der Waals surface area contributed by atoms with Crippen LogP contribution in [-0.4, -0.2) is 28.8 Å². The van der Waals surface area contributed by atoms with Gasteiger partial charge in [0.05, 0.1) is 12.7 Å². The van der Waals surface area contributed by atoms with Crippen molar-refractivity contribution < 1.29 is 10.2 Å². The van der Waals surface area contributed by atoms with E-state index in [2.05, 4.69) is 0 Å². The third-order valence-corrected chi connectivity index (χ3v) is 2.70. The molecule has 2 nitrogen and oxygen atoms in total. The van der Waals surface area contributed by atoms with Crippen LogP contribution in [0.1, 0.15) is 33.1 Å². The van der Waals surface area contributed by atoms with Crippen molar-refractivity contribution in [2.24, 2.45) is 5.41 Å². The standard InChI is InChI=1S/C9H19ClO2/c1-3-8(12)9(2,7-11)5-4-6-10/h8,11-12H,3-7H2,1-2H3. The van der Waals surface area contributed by atoms with Gasteiger partial charge < -0.3 is 10.2 Å². The molecule has 0 aliphatic rings. The summed E-state index contributed by atoms with van der Waals surface area (Å²) < 4.78 is 0. The molecule has 0 saturated heterocycles. The molecule has 12 heavy (non-hydrogen) atoms. The Morgan fingerprint density at radius 3 is 2.42 bits per heavy atom. The monoisotopic (exact) mass is 194 g/mol. The molecule has 0 amide bonds. The summed E-state index contributed by atoms with van der Waals surface area (Å²) >= 11 is 5.55. The predicted octanol–water partition coefficient (Wildman–Crippen LogP) is 1.77. The minimum Gasteiger partial charge on any atom is -0.396 e. The third-order valence-electron chi connectivity index (χ3n) is 2.43. The minimum atomic E-state index is -0.425. The summed E-state index contributed by atoms with van der Waals surface area (Å²) in [6.07, 6.45) is 1.88. The molecule has 0 aromatic heterocycles. The first-order chi connectivity index (χ1) is 5.60. The van der Waals surface area contributed by atoms with E-state index in [0.717, 1.165) is 12.8 Å². The zero-order valence-electron chi connectivity index (χ0n) is 7.89. The summed E-state index contributed by atoms with van der Waals surface area (Å²) in [7, 11) is 0. The minimum absolute atomic E-state index is 0.0267. The molecule has 0 saturated carbocycles. The summed E-state index contributed by atoms with van der Waals surface area (Å²) in [6, 6.07) is 0. The van der Waals surface area contributed by atoms with Gasteiger partial charge in [-0.3, -0.25) is 0 Å². The molecule has 0 fully saturated rings. The number of aliphatic hydroxyl groups excluding tert-OH is 2. The molecule has 0 aromatic carbocycles. The van der Waals surface area contributed by atoms with Crippen molar-refractivity contribution in [3.05, 3.63) is 0 Å². The Labute approximate surface area is 79.6 Å². The summed E-state index contributed by atoms with van der Waals surface area (Å²) in [5, 5.41) is 18.7. The fourth-order valence-corrected chi connectivity index (χ4v) is 1.45. The highest BCUT2D eigenvalue weighted by molar-refractivity contribution is 6.17. The molecule has 74 valence electrons. The first kappa shape index (κ1) is 12.2. The van der Waals surface area contributed by atoms with Crippen molar-refractivity contribution in [2.45, 2.75) is 39.2 Å². The van der Waals surface area contributed by atoms with E-state index in [9.17, 15) is 5.11 Å². The Hall–Kier alpha value is 0.210. The van der Waals surface area contributed by atoms with Crippen LogP contribution in [0.3, 0.4) is 0 Å². The average Bonchev–Trinajstić information content (AvgIpc) is 2.12. The van der Waals surface area contributed by atoms with E-state index >= 15 is 0 Å². The van der Waals surface area contributed by atoms with Crippen molar-refractivity contribution in [1.29, 1.82) is 0 Å². The Morgan fingerprint density at radius 2 is 2.08 bits per heavy atom. The molecule has 0 bridgehead atoms. The van der Waals surface area contributed by atoms with Gasteiger partial charge in [-0.05, 0) is 19.3 Å². The van der Waals surface area contributed by atoms with Crippen molar-refractivity contribution in [2.75, 3.05) is 12.5 Å². The Balaban J connectivity index is 4.03. The van der Waals surface area contributed by atoms with Crippen molar-refractivity contribution in [3.8, 4) is 0 Å². The molecule has 0 radical (unpaired) electrons. The van der Waals surface area contributed by atoms with E-state index in [1.807, 2.05) is 13.8 Å². The van der Waals surface area contributed by atoms with Gasteiger partial charge in [-0.1, -0.05) is 13.8 Å². The van der Waals surface area contributed by atoms with E-state index in [1.165, 1.54) is 0 Å². The van der Waals surface area contributed by atoms with Gasteiger partial charge in [0.1, 0.15) is 0 Å². The van der Waals surface area contributed by atoms with Crippen molar-refractivity contribution >= 4 is 11.6 Å². The zero-order valence-corrected chi connectivity index (χ0v) is 8.64. The van der Waals surface area contributed by atoms with Crippen LogP contribution in [0.2, 0.25) is 0 Å². The Morgan fingerprint density at radius 1 is 1.50 bits per heavy atom. The van der Waals surface area contributed by atoms with Crippen LogP contribution in [0.25, 0.3) is 0 Å². The summed E-state index contributed by atoms with van der Waals surface area (Å²) in [4.78, 5) is 0. The first-order valence-electron chi connectivity index (χ1n) is 4.45. The second-order valence-electron chi connectivity index (χ2n) is 3.53. The highest BCUT2D eigenvalue weighted by Gasteiger charge is 2.30. The summed E-state index contributed by atoms with van der Waals surface area (Å²) in [5.41, 5.74) is -0.371. The van der Waals surface area contributed by atoms with E-state index in [-0.39, 0.29) is 12.0 Å². The first-order valence-corrected chi connectivity index (χ1v) is 4.99. The molecule has 0 heterocycles. The maximum absolute atomic E-state index is 9.60. The molecule has 0 aliphatic carbocycles. The fourth-order valence-electron chi connectivity index (χ4n) is 1.31. The Kier molecular flexibility index (Phi) is 5.89. The molecule has 2 atom stereocenters. The lowest BCUT2D eigenvalue weighted by Crippen LogP contribution is -2.35. The number of aliphatic hydroxyl groups is 2. The van der Waals surface area contributed by atoms with Crippen LogP contribution in [0.4, 0.5) is 0 Å².